The molecule has 0 saturated heterocycles. The molecule has 0 aromatic heterocycles. The minimum atomic E-state index is -0.792. The predicted octanol–water partition coefficient (Wildman–Crippen LogP) is 1.17. The topological polar surface area (TPSA) is 84.6 Å². The van der Waals surface area contributed by atoms with Crippen LogP contribution in [0.2, 0.25) is 0 Å². The Morgan fingerprint density at radius 1 is 1.59 bits per heavy atom. The quantitative estimate of drug-likeness (QED) is 0.689. The Morgan fingerprint density at radius 3 is 3.00 bits per heavy atom. The molecule has 94 valence electrons. The van der Waals surface area contributed by atoms with E-state index in [1.807, 2.05) is 24.3 Å². The number of hydrogen-bond donors (Lipinski definition) is 3. The molecule has 0 aliphatic rings. The Morgan fingerprint density at radius 2 is 2.35 bits per heavy atom. The van der Waals surface area contributed by atoms with Crippen LogP contribution in [0, 0.1) is 0 Å². The van der Waals surface area contributed by atoms with Crippen molar-refractivity contribution in [2.24, 2.45) is 5.73 Å². The van der Waals surface area contributed by atoms with E-state index in [0.29, 0.717) is 13.1 Å². The van der Waals surface area contributed by atoms with Gasteiger partial charge in [0.1, 0.15) is 6.61 Å². The predicted molar refractivity (Wildman–Crippen MR) is 67.5 cm³/mol. The van der Waals surface area contributed by atoms with Crippen LogP contribution < -0.4 is 11.1 Å². The molecule has 1 amide bonds. The molecule has 0 saturated carbocycles. The standard InChI is InChI=1S/C11H15BrN2O3/c12-9-3-1-2-8(6-9)10(15)7-14-4-5-17-11(13)16/h1-3,6,10,14-15H,4-5,7H2,(H2,13,16). The van der Waals surface area contributed by atoms with E-state index in [2.05, 4.69) is 26.0 Å². The minimum Gasteiger partial charge on any atom is -0.448 e. The number of ether oxygens (including phenoxy) is 1. The van der Waals surface area contributed by atoms with E-state index in [0.717, 1.165) is 10.0 Å². The van der Waals surface area contributed by atoms with Gasteiger partial charge in [-0.25, -0.2) is 4.79 Å². The average molecular weight is 303 g/mol. The molecule has 0 heterocycles. The van der Waals surface area contributed by atoms with Gasteiger partial charge in [-0.1, -0.05) is 28.1 Å². The second-order valence-corrected chi connectivity index (χ2v) is 4.36. The SMILES string of the molecule is NC(=O)OCCNCC(O)c1cccc(Br)c1. The van der Waals surface area contributed by atoms with E-state index in [4.69, 9.17) is 5.73 Å². The van der Waals surface area contributed by atoms with Crippen LogP contribution in [0.5, 0.6) is 0 Å². The Labute approximate surface area is 108 Å². The Hall–Kier alpha value is -1.11. The fraction of sp³-hybridized carbons (Fsp3) is 0.364. The zero-order valence-corrected chi connectivity index (χ0v) is 10.8. The summed E-state index contributed by atoms with van der Waals surface area (Å²) in [5.74, 6) is 0. The first kappa shape index (κ1) is 14.0. The third kappa shape index (κ3) is 5.67. The lowest BCUT2D eigenvalue weighted by molar-refractivity contribution is 0.149. The maximum absolute atomic E-state index is 10.3. The van der Waals surface area contributed by atoms with Gasteiger partial charge in [0.05, 0.1) is 6.10 Å². The number of primary amides is 1. The maximum Gasteiger partial charge on any atom is 0.404 e. The van der Waals surface area contributed by atoms with Crippen molar-refractivity contribution in [3.8, 4) is 0 Å². The lowest BCUT2D eigenvalue weighted by Gasteiger charge is -2.12. The molecule has 1 atom stereocenters. The van der Waals surface area contributed by atoms with Gasteiger partial charge in [-0.15, -0.1) is 0 Å². The van der Waals surface area contributed by atoms with Crippen LogP contribution in [0.4, 0.5) is 4.79 Å². The second-order valence-electron chi connectivity index (χ2n) is 3.44. The largest absolute Gasteiger partial charge is 0.448 e. The summed E-state index contributed by atoms with van der Waals surface area (Å²) >= 11 is 3.34. The van der Waals surface area contributed by atoms with Crippen molar-refractivity contribution >= 4 is 22.0 Å². The number of amides is 1. The fourth-order valence-electron chi connectivity index (χ4n) is 1.29. The van der Waals surface area contributed by atoms with Crippen molar-refractivity contribution < 1.29 is 14.6 Å². The van der Waals surface area contributed by atoms with Gasteiger partial charge in [0, 0.05) is 17.6 Å². The molecular weight excluding hydrogens is 288 g/mol. The first-order chi connectivity index (χ1) is 8.09. The molecule has 0 aliphatic heterocycles. The Kier molecular flexibility index (Phi) is 5.96. The lowest BCUT2D eigenvalue weighted by Crippen LogP contribution is -2.27. The molecular formula is C11H15BrN2O3. The molecule has 0 spiro atoms. The molecule has 6 heteroatoms. The van der Waals surface area contributed by atoms with Gasteiger partial charge in [-0.05, 0) is 17.7 Å². The number of rotatable bonds is 6. The number of aliphatic hydroxyl groups is 1. The van der Waals surface area contributed by atoms with Gasteiger partial charge in [0.15, 0.2) is 0 Å². The van der Waals surface area contributed by atoms with Crippen LogP contribution in [0.3, 0.4) is 0 Å². The van der Waals surface area contributed by atoms with E-state index in [9.17, 15) is 9.90 Å². The average Bonchev–Trinajstić information content (AvgIpc) is 2.28. The van der Waals surface area contributed by atoms with Crippen LogP contribution in [0.15, 0.2) is 28.7 Å². The van der Waals surface area contributed by atoms with Crippen molar-refractivity contribution in [3.63, 3.8) is 0 Å². The number of nitrogens with two attached hydrogens (primary N) is 1. The zero-order valence-electron chi connectivity index (χ0n) is 9.23. The van der Waals surface area contributed by atoms with Crippen molar-refractivity contribution in [2.45, 2.75) is 6.10 Å². The summed E-state index contributed by atoms with van der Waals surface area (Å²) in [5.41, 5.74) is 5.62. The summed E-state index contributed by atoms with van der Waals surface area (Å²) < 4.78 is 5.46. The number of halogens is 1. The summed E-state index contributed by atoms with van der Waals surface area (Å²) in [5, 5.41) is 12.8. The van der Waals surface area contributed by atoms with Gasteiger partial charge in [0.2, 0.25) is 0 Å². The smallest absolute Gasteiger partial charge is 0.404 e. The van der Waals surface area contributed by atoms with E-state index < -0.39 is 12.2 Å². The molecule has 1 aromatic rings. The van der Waals surface area contributed by atoms with Crippen molar-refractivity contribution in [1.82, 2.24) is 5.32 Å². The third-order valence-electron chi connectivity index (χ3n) is 2.09. The normalized spacial score (nSPS) is 12.1. The molecule has 0 fully saturated rings. The molecule has 5 nitrogen and oxygen atoms in total. The minimum absolute atomic E-state index is 0.195. The van der Waals surface area contributed by atoms with Crippen LogP contribution in [0.1, 0.15) is 11.7 Å². The summed E-state index contributed by atoms with van der Waals surface area (Å²) in [6, 6.07) is 7.45. The van der Waals surface area contributed by atoms with Crippen molar-refractivity contribution in [1.29, 1.82) is 0 Å². The van der Waals surface area contributed by atoms with Gasteiger partial charge < -0.3 is 20.9 Å². The van der Waals surface area contributed by atoms with Crippen molar-refractivity contribution in [2.75, 3.05) is 19.7 Å². The summed E-state index contributed by atoms with van der Waals surface area (Å²) in [6.07, 6.45) is -1.39. The highest BCUT2D eigenvalue weighted by atomic mass is 79.9. The molecule has 0 radical (unpaired) electrons. The van der Waals surface area contributed by atoms with Gasteiger partial charge >= 0.3 is 6.09 Å². The highest BCUT2D eigenvalue weighted by molar-refractivity contribution is 9.10. The van der Waals surface area contributed by atoms with E-state index in [1.54, 1.807) is 0 Å². The molecule has 1 unspecified atom stereocenters. The highest BCUT2D eigenvalue weighted by Gasteiger charge is 2.06. The third-order valence-corrected chi connectivity index (χ3v) is 2.59. The Bertz CT molecular complexity index is 373. The van der Waals surface area contributed by atoms with Crippen LogP contribution >= 0.6 is 15.9 Å². The monoisotopic (exact) mass is 302 g/mol. The zero-order chi connectivity index (χ0) is 12.7. The molecule has 0 aliphatic carbocycles. The van der Waals surface area contributed by atoms with Crippen LogP contribution in [-0.4, -0.2) is 30.9 Å². The number of carbonyl (C=O) groups excluding carboxylic acids is 1. The van der Waals surface area contributed by atoms with Gasteiger partial charge in [-0.2, -0.15) is 0 Å². The number of hydrogen-bond acceptors (Lipinski definition) is 4. The second kappa shape index (κ2) is 7.26. The van der Waals surface area contributed by atoms with E-state index in [-0.39, 0.29) is 6.61 Å². The lowest BCUT2D eigenvalue weighted by atomic mass is 10.1. The summed E-state index contributed by atoms with van der Waals surface area (Å²) in [7, 11) is 0. The number of nitrogens with one attached hydrogen (secondary N) is 1. The first-order valence-corrected chi connectivity index (χ1v) is 5.95. The number of benzene rings is 1. The van der Waals surface area contributed by atoms with Gasteiger partial charge in [0.25, 0.3) is 0 Å². The van der Waals surface area contributed by atoms with E-state index >= 15 is 0 Å². The van der Waals surface area contributed by atoms with Crippen LogP contribution in [-0.2, 0) is 4.74 Å². The van der Waals surface area contributed by atoms with Gasteiger partial charge in [-0.3, -0.25) is 0 Å². The molecule has 1 aromatic carbocycles. The number of aliphatic hydroxyl groups excluding tert-OH is 1. The number of carbonyl (C=O) groups is 1. The van der Waals surface area contributed by atoms with Crippen molar-refractivity contribution in [3.05, 3.63) is 34.3 Å². The Balaban J connectivity index is 2.25. The maximum atomic E-state index is 10.3. The fourth-order valence-corrected chi connectivity index (χ4v) is 1.71. The molecule has 1 rings (SSSR count). The van der Waals surface area contributed by atoms with Crippen LogP contribution in [0.25, 0.3) is 0 Å². The molecule has 0 bridgehead atoms. The summed E-state index contributed by atoms with van der Waals surface area (Å²) in [4.78, 5) is 10.3. The first-order valence-electron chi connectivity index (χ1n) is 5.16. The highest BCUT2D eigenvalue weighted by Crippen LogP contribution is 2.17. The molecule has 17 heavy (non-hydrogen) atoms. The van der Waals surface area contributed by atoms with E-state index in [1.165, 1.54) is 0 Å². The summed E-state index contributed by atoms with van der Waals surface area (Å²) in [6.45, 7) is 1.03. The molecule has 4 N–H and O–H groups in total.